The molecule has 2 aromatic carbocycles. The van der Waals surface area contributed by atoms with E-state index >= 15 is 0 Å². The Morgan fingerprint density at radius 2 is 2.08 bits per heavy atom. The molecule has 5 heteroatoms. The second-order valence-corrected chi connectivity index (χ2v) is 6.63. The van der Waals surface area contributed by atoms with Gasteiger partial charge in [-0.2, -0.15) is 0 Å². The second kappa shape index (κ2) is 7.74. The first-order valence-electron chi connectivity index (χ1n) is 8.61. The van der Waals surface area contributed by atoms with Crippen LogP contribution in [0.3, 0.4) is 0 Å². The van der Waals surface area contributed by atoms with Gasteiger partial charge in [0.2, 0.25) is 0 Å². The molecule has 0 fully saturated rings. The summed E-state index contributed by atoms with van der Waals surface area (Å²) in [7, 11) is 3.87. The zero-order chi connectivity index (χ0) is 17.8. The van der Waals surface area contributed by atoms with Crippen LogP contribution >= 0.6 is 0 Å². The minimum absolute atomic E-state index is 0.0538. The van der Waals surface area contributed by atoms with Crippen molar-refractivity contribution in [2.45, 2.75) is 25.0 Å². The number of aliphatic hydroxyl groups excluding tert-OH is 1. The first-order chi connectivity index (χ1) is 12.1. The number of halogens is 1. The van der Waals surface area contributed by atoms with Crippen molar-refractivity contribution in [3.63, 3.8) is 0 Å². The number of para-hydroxylation sites is 1. The Balaban J connectivity index is 1.82. The van der Waals surface area contributed by atoms with Gasteiger partial charge in [0.1, 0.15) is 25.1 Å². The van der Waals surface area contributed by atoms with Crippen LogP contribution in [0.1, 0.15) is 23.6 Å². The molecular formula is C20H25FN2O2. The summed E-state index contributed by atoms with van der Waals surface area (Å²) in [5, 5.41) is 13.0. The van der Waals surface area contributed by atoms with Crippen molar-refractivity contribution in [2.24, 2.45) is 0 Å². The average molecular weight is 344 g/mol. The Morgan fingerprint density at radius 1 is 1.28 bits per heavy atom. The van der Waals surface area contributed by atoms with Gasteiger partial charge in [0.15, 0.2) is 0 Å². The Morgan fingerprint density at radius 3 is 2.84 bits per heavy atom. The van der Waals surface area contributed by atoms with Crippen molar-refractivity contribution in [3.05, 3.63) is 53.6 Å². The molecule has 0 spiro atoms. The molecule has 0 amide bonds. The van der Waals surface area contributed by atoms with Crippen molar-refractivity contribution >= 4 is 11.4 Å². The van der Waals surface area contributed by atoms with E-state index in [0.29, 0.717) is 5.75 Å². The highest BCUT2D eigenvalue weighted by molar-refractivity contribution is 5.61. The van der Waals surface area contributed by atoms with Crippen LogP contribution in [0.4, 0.5) is 15.8 Å². The molecular weight excluding hydrogens is 319 g/mol. The number of nitrogens with zero attached hydrogens (tertiary/aromatic N) is 1. The van der Waals surface area contributed by atoms with Crippen LogP contribution in [0.2, 0.25) is 0 Å². The summed E-state index contributed by atoms with van der Waals surface area (Å²) in [6.45, 7) is -0.861. The molecule has 2 N–H and O–H groups in total. The highest BCUT2D eigenvalue weighted by Crippen LogP contribution is 2.36. The van der Waals surface area contributed by atoms with Gasteiger partial charge in [0, 0.05) is 19.8 Å². The summed E-state index contributed by atoms with van der Waals surface area (Å²) >= 11 is 0. The van der Waals surface area contributed by atoms with E-state index in [4.69, 9.17) is 4.74 Å². The number of aliphatic hydroxyl groups is 1. The number of hydrogen-bond donors (Lipinski definition) is 2. The van der Waals surface area contributed by atoms with Gasteiger partial charge in [-0.25, -0.2) is 4.39 Å². The number of fused-ring (bicyclic) bond motifs is 1. The van der Waals surface area contributed by atoms with Gasteiger partial charge in [-0.3, -0.25) is 0 Å². The van der Waals surface area contributed by atoms with Crippen molar-refractivity contribution in [1.82, 2.24) is 0 Å². The predicted octanol–water partition coefficient (Wildman–Crippen LogP) is 3.56. The van der Waals surface area contributed by atoms with E-state index < -0.39 is 12.8 Å². The number of benzene rings is 2. The smallest absolute Gasteiger partial charge is 0.143 e. The van der Waals surface area contributed by atoms with Gasteiger partial charge in [-0.05, 0) is 42.2 Å². The van der Waals surface area contributed by atoms with Crippen LogP contribution < -0.4 is 15.0 Å². The SMILES string of the molecule is CN(C)c1ccc(C2CCc3ccccc3N2)cc1OCC(O)CF. The van der Waals surface area contributed by atoms with Crippen LogP contribution in [-0.2, 0) is 6.42 Å². The number of ether oxygens (including phenoxy) is 1. The summed E-state index contributed by atoms with van der Waals surface area (Å²) in [6.07, 6.45) is 0.934. The Bertz CT molecular complexity index is 721. The van der Waals surface area contributed by atoms with Gasteiger partial charge >= 0.3 is 0 Å². The molecule has 1 aliphatic rings. The summed E-state index contributed by atoms with van der Waals surface area (Å²) in [5.74, 6) is 0.663. The highest BCUT2D eigenvalue weighted by atomic mass is 19.1. The van der Waals surface area contributed by atoms with Crippen LogP contribution in [-0.4, -0.2) is 38.6 Å². The monoisotopic (exact) mass is 344 g/mol. The molecule has 25 heavy (non-hydrogen) atoms. The lowest BCUT2D eigenvalue weighted by Crippen LogP contribution is -2.21. The van der Waals surface area contributed by atoms with E-state index in [1.807, 2.05) is 37.2 Å². The molecule has 1 heterocycles. The summed E-state index contributed by atoms with van der Waals surface area (Å²) < 4.78 is 18.2. The topological polar surface area (TPSA) is 44.7 Å². The van der Waals surface area contributed by atoms with E-state index in [0.717, 1.165) is 24.1 Å². The molecule has 4 nitrogen and oxygen atoms in total. The third kappa shape index (κ3) is 4.04. The van der Waals surface area contributed by atoms with Crippen LogP contribution in [0.15, 0.2) is 42.5 Å². The number of nitrogens with one attached hydrogen (secondary N) is 1. The molecule has 0 saturated carbocycles. The highest BCUT2D eigenvalue weighted by Gasteiger charge is 2.20. The van der Waals surface area contributed by atoms with Gasteiger partial charge in [0.05, 0.1) is 11.7 Å². The zero-order valence-electron chi connectivity index (χ0n) is 14.7. The zero-order valence-corrected chi connectivity index (χ0v) is 14.7. The van der Waals surface area contributed by atoms with Gasteiger partial charge in [0.25, 0.3) is 0 Å². The third-order valence-electron chi connectivity index (χ3n) is 4.53. The average Bonchev–Trinajstić information content (AvgIpc) is 2.65. The third-order valence-corrected chi connectivity index (χ3v) is 4.53. The fourth-order valence-corrected chi connectivity index (χ4v) is 3.15. The Kier molecular flexibility index (Phi) is 5.43. The summed E-state index contributed by atoms with van der Waals surface area (Å²) in [5.41, 5.74) is 4.55. The Labute approximate surface area is 148 Å². The quantitative estimate of drug-likeness (QED) is 0.841. The van der Waals surface area contributed by atoms with Crippen molar-refractivity contribution in [1.29, 1.82) is 0 Å². The first-order valence-corrected chi connectivity index (χ1v) is 8.61. The lowest BCUT2D eigenvalue weighted by molar-refractivity contribution is 0.0843. The maximum absolute atomic E-state index is 12.5. The fourth-order valence-electron chi connectivity index (χ4n) is 3.15. The van der Waals surface area contributed by atoms with Gasteiger partial charge in [-0.15, -0.1) is 0 Å². The van der Waals surface area contributed by atoms with Gasteiger partial charge < -0.3 is 20.1 Å². The Hall–Kier alpha value is -2.27. The lowest BCUT2D eigenvalue weighted by atomic mass is 9.93. The normalized spacial score (nSPS) is 17.4. The molecule has 0 bridgehead atoms. The molecule has 0 aromatic heterocycles. The maximum Gasteiger partial charge on any atom is 0.143 e. The largest absolute Gasteiger partial charge is 0.489 e. The van der Waals surface area contributed by atoms with E-state index in [-0.39, 0.29) is 12.6 Å². The minimum atomic E-state index is -1.10. The standard InChI is InChI=1S/C20H25FN2O2/c1-23(2)19-10-8-15(11-20(19)25-13-16(24)12-21)18-9-7-14-5-3-4-6-17(14)22-18/h3-6,8,10-11,16,18,22,24H,7,9,12-13H2,1-2H3. The molecule has 0 radical (unpaired) electrons. The van der Waals surface area contributed by atoms with Crippen molar-refractivity contribution in [3.8, 4) is 5.75 Å². The summed E-state index contributed by atoms with van der Waals surface area (Å²) in [4.78, 5) is 1.95. The van der Waals surface area contributed by atoms with Crippen molar-refractivity contribution < 1.29 is 14.2 Å². The van der Waals surface area contributed by atoms with Crippen LogP contribution in [0.25, 0.3) is 0 Å². The minimum Gasteiger partial charge on any atom is -0.489 e. The number of anilines is 2. The van der Waals surface area contributed by atoms with Gasteiger partial charge in [-0.1, -0.05) is 24.3 Å². The van der Waals surface area contributed by atoms with Crippen LogP contribution in [0, 0.1) is 0 Å². The number of rotatable bonds is 6. The van der Waals surface area contributed by atoms with Crippen molar-refractivity contribution in [2.75, 3.05) is 37.6 Å². The fraction of sp³-hybridized carbons (Fsp3) is 0.400. The maximum atomic E-state index is 12.5. The number of aryl methyl sites for hydroxylation is 1. The molecule has 0 aliphatic carbocycles. The van der Waals surface area contributed by atoms with E-state index in [9.17, 15) is 9.50 Å². The number of hydrogen-bond acceptors (Lipinski definition) is 4. The molecule has 2 atom stereocenters. The summed E-state index contributed by atoms with van der Waals surface area (Å²) in [6, 6.07) is 14.7. The van der Waals surface area contributed by atoms with E-state index in [1.165, 1.54) is 11.3 Å². The predicted molar refractivity (Wildman–Crippen MR) is 99.4 cm³/mol. The molecule has 2 aromatic rings. The molecule has 0 saturated heterocycles. The molecule has 2 unspecified atom stereocenters. The first kappa shape index (κ1) is 17.5. The van der Waals surface area contributed by atoms with E-state index in [1.54, 1.807) is 0 Å². The lowest BCUT2D eigenvalue weighted by Gasteiger charge is -2.28. The molecule has 1 aliphatic heterocycles. The van der Waals surface area contributed by atoms with Crippen LogP contribution in [0.5, 0.6) is 5.75 Å². The second-order valence-electron chi connectivity index (χ2n) is 6.63. The molecule has 3 rings (SSSR count). The van der Waals surface area contributed by atoms with E-state index in [2.05, 4.69) is 29.6 Å². The molecule has 134 valence electrons. The number of alkyl halides is 1.